The van der Waals surface area contributed by atoms with Gasteiger partial charge in [-0.05, 0) is 24.3 Å². The van der Waals surface area contributed by atoms with Gasteiger partial charge in [0.15, 0.2) is 0 Å². The fourth-order valence-electron chi connectivity index (χ4n) is 1.68. The lowest BCUT2D eigenvalue weighted by Crippen LogP contribution is -2.12. The maximum atomic E-state index is 12.1. The van der Waals surface area contributed by atoms with Gasteiger partial charge in [-0.2, -0.15) is 4.52 Å². The second-order valence-electron chi connectivity index (χ2n) is 4.36. The Bertz CT molecular complexity index is 716. The Balaban J connectivity index is 1.76. The Kier molecular flexibility index (Phi) is 3.07. The molecule has 1 N–H and O–H groups in total. The Morgan fingerprint density at radius 2 is 2.05 bits per heavy atom. The van der Waals surface area contributed by atoms with E-state index in [1.807, 2.05) is 43.3 Å². The van der Waals surface area contributed by atoms with Crippen LogP contribution in [0.5, 0.6) is 0 Å². The lowest BCUT2D eigenvalue weighted by molar-refractivity contribution is 0.102. The number of hydrogen-bond donors (Lipinski definition) is 1. The summed E-state index contributed by atoms with van der Waals surface area (Å²) in [5.41, 5.74) is 1.80. The van der Waals surface area contributed by atoms with Gasteiger partial charge in [0, 0.05) is 25.5 Å². The van der Waals surface area contributed by atoms with E-state index < -0.39 is 0 Å². The van der Waals surface area contributed by atoms with Gasteiger partial charge in [0.25, 0.3) is 5.91 Å². The minimum Gasteiger partial charge on any atom is -0.378 e. The molecule has 102 valence electrons. The highest BCUT2D eigenvalue weighted by atomic mass is 32.1. The van der Waals surface area contributed by atoms with E-state index in [1.54, 1.807) is 0 Å². The molecule has 2 heterocycles. The lowest BCUT2D eigenvalue weighted by atomic mass is 10.2. The van der Waals surface area contributed by atoms with Crippen molar-refractivity contribution in [2.75, 3.05) is 24.3 Å². The summed E-state index contributed by atoms with van der Waals surface area (Å²) in [6.45, 7) is 0. The number of carbonyl (C=O) groups excluding carboxylic acids is 1. The summed E-state index contributed by atoms with van der Waals surface area (Å²) >= 11 is 1.20. The predicted octanol–water partition coefficient (Wildman–Crippen LogP) is 1.50. The number of hydrogen-bond acceptors (Lipinski definition) is 6. The number of carbonyl (C=O) groups is 1. The van der Waals surface area contributed by atoms with Crippen LogP contribution in [0.25, 0.3) is 4.96 Å². The maximum absolute atomic E-state index is 12.1. The van der Waals surface area contributed by atoms with Crippen molar-refractivity contribution in [2.45, 2.75) is 0 Å². The third kappa shape index (κ3) is 2.32. The van der Waals surface area contributed by atoms with E-state index in [0.717, 1.165) is 11.4 Å². The summed E-state index contributed by atoms with van der Waals surface area (Å²) in [7, 11) is 3.93. The molecule has 0 saturated carbocycles. The summed E-state index contributed by atoms with van der Waals surface area (Å²) in [5.74, 6) is -0.252. The quantitative estimate of drug-likeness (QED) is 0.790. The van der Waals surface area contributed by atoms with Crippen molar-refractivity contribution in [3.8, 4) is 0 Å². The molecule has 0 atom stereocenters. The average molecular weight is 288 g/mol. The molecule has 0 aliphatic heterocycles. The minimum absolute atomic E-state index is 0.252. The largest absolute Gasteiger partial charge is 0.378 e. The molecule has 0 bridgehead atoms. The highest BCUT2D eigenvalue weighted by Gasteiger charge is 2.13. The van der Waals surface area contributed by atoms with Crippen molar-refractivity contribution >= 4 is 33.6 Å². The first-order valence-corrected chi connectivity index (χ1v) is 6.71. The molecule has 0 fully saturated rings. The third-order valence-corrected chi connectivity index (χ3v) is 3.63. The summed E-state index contributed by atoms with van der Waals surface area (Å²) in [5, 5.41) is 14.8. The second-order valence-corrected chi connectivity index (χ2v) is 5.32. The van der Waals surface area contributed by atoms with Crippen molar-refractivity contribution in [1.82, 2.24) is 19.8 Å². The summed E-state index contributed by atoms with van der Waals surface area (Å²) in [6.07, 6.45) is 1.47. The zero-order valence-electron chi connectivity index (χ0n) is 10.9. The summed E-state index contributed by atoms with van der Waals surface area (Å²) in [4.78, 5) is 14.7. The third-order valence-electron chi connectivity index (χ3n) is 2.72. The lowest BCUT2D eigenvalue weighted by Gasteiger charge is -2.12. The van der Waals surface area contributed by atoms with Gasteiger partial charge in [-0.3, -0.25) is 4.79 Å². The molecule has 3 aromatic rings. The van der Waals surface area contributed by atoms with Crippen molar-refractivity contribution in [1.29, 1.82) is 0 Å². The SMILES string of the molecule is CN(C)c1ccc(NC(=O)c2nn3cnnc3s2)cc1. The van der Waals surface area contributed by atoms with E-state index in [-0.39, 0.29) is 5.91 Å². The van der Waals surface area contributed by atoms with Crippen molar-refractivity contribution < 1.29 is 4.79 Å². The number of nitrogens with zero attached hydrogens (tertiary/aromatic N) is 5. The van der Waals surface area contributed by atoms with Crippen LogP contribution in [0.4, 0.5) is 11.4 Å². The van der Waals surface area contributed by atoms with Crippen molar-refractivity contribution in [2.24, 2.45) is 0 Å². The van der Waals surface area contributed by atoms with Gasteiger partial charge in [0.2, 0.25) is 9.97 Å². The molecule has 1 aromatic carbocycles. The summed E-state index contributed by atoms with van der Waals surface area (Å²) in [6, 6.07) is 7.59. The molecule has 3 rings (SSSR count). The Hall–Kier alpha value is -2.48. The van der Waals surface area contributed by atoms with E-state index >= 15 is 0 Å². The topological polar surface area (TPSA) is 75.4 Å². The van der Waals surface area contributed by atoms with Crippen LogP contribution in [-0.2, 0) is 0 Å². The van der Waals surface area contributed by atoms with Crippen LogP contribution in [0, 0.1) is 0 Å². The highest BCUT2D eigenvalue weighted by Crippen LogP contribution is 2.18. The second kappa shape index (κ2) is 4.89. The molecule has 0 spiro atoms. The van der Waals surface area contributed by atoms with Crippen molar-refractivity contribution in [3.63, 3.8) is 0 Å². The Labute approximate surface area is 118 Å². The van der Waals surface area contributed by atoms with E-state index in [9.17, 15) is 4.79 Å². The molecule has 7 nitrogen and oxygen atoms in total. The molecule has 0 radical (unpaired) electrons. The van der Waals surface area contributed by atoms with Crippen molar-refractivity contribution in [3.05, 3.63) is 35.6 Å². The van der Waals surface area contributed by atoms with Crippen LogP contribution in [-0.4, -0.2) is 39.8 Å². The molecule has 20 heavy (non-hydrogen) atoms. The van der Waals surface area contributed by atoms with E-state index in [1.165, 1.54) is 22.2 Å². The molecule has 1 amide bonds. The first-order chi connectivity index (χ1) is 9.63. The number of aromatic nitrogens is 4. The smallest absolute Gasteiger partial charge is 0.286 e. The maximum Gasteiger partial charge on any atom is 0.286 e. The number of benzene rings is 1. The fraction of sp³-hybridized carbons (Fsp3) is 0.167. The van der Waals surface area contributed by atoms with Crippen LogP contribution in [0.1, 0.15) is 9.80 Å². The number of nitrogens with one attached hydrogen (secondary N) is 1. The van der Waals surface area contributed by atoms with Crippen LogP contribution < -0.4 is 10.2 Å². The van der Waals surface area contributed by atoms with E-state index in [2.05, 4.69) is 20.6 Å². The molecular weight excluding hydrogens is 276 g/mol. The van der Waals surface area contributed by atoms with Gasteiger partial charge in [-0.1, -0.05) is 11.3 Å². The average Bonchev–Trinajstić information content (AvgIpc) is 2.99. The van der Waals surface area contributed by atoms with Gasteiger partial charge >= 0.3 is 0 Å². The van der Waals surface area contributed by atoms with E-state index in [4.69, 9.17) is 0 Å². The fourth-order valence-corrected chi connectivity index (χ4v) is 2.39. The molecule has 8 heteroatoms. The minimum atomic E-state index is -0.252. The standard InChI is InChI=1S/C12H12N6OS/c1-17(2)9-5-3-8(4-6-9)14-10(19)11-16-18-7-13-15-12(18)20-11/h3-7H,1-2H3,(H,14,19). The van der Waals surface area contributed by atoms with Gasteiger partial charge in [0.1, 0.15) is 6.33 Å². The summed E-state index contributed by atoms with van der Waals surface area (Å²) < 4.78 is 1.48. The monoisotopic (exact) mass is 288 g/mol. The molecular formula is C12H12N6OS. The van der Waals surface area contributed by atoms with Crippen LogP contribution in [0.2, 0.25) is 0 Å². The number of fused-ring (bicyclic) bond motifs is 1. The zero-order valence-corrected chi connectivity index (χ0v) is 11.8. The highest BCUT2D eigenvalue weighted by molar-refractivity contribution is 7.18. The van der Waals surface area contributed by atoms with Crippen LogP contribution in [0.15, 0.2) is 30.6 Å². The van der Waals surface area contributed by atoms with Gasteiger partial charge in [-0.15, -0.1) is 15.3 Å². The van der Waals surface area contributed by atoms with Crippen LogP contribution >= 0.6 is 11.3 Å². The number of amides is 1. The normalized spacial score (nSPS) is 10.7. The molecule has 0 aliphatic carbocycles. The molecule has 0 unspecified atom stereocenters. The first kappa shape index (κ1) is 12.5. The number of rotatable bonds is 3. The molecule has 0 saturated heterocycles. The van der Waals surface area contributed by atoms with Gasteiger partial charge in [0.05, 0.1) is 0 Å². The Morgan fingerprint density at radius 1 is 1.30 bits per heavy atom. The Morgan fingerprint density at radius 3 is 2.70 bits per heavy atom. The predicted molar refractivity (Wildman–Crippen MR) is 77.4 cm³/mol. The van der Waals surface area contributed by atoms with E-state index in [0.29, 0.717) is 9.97 Å². The zero-order chi connectivity index (χ0) is 14.1. The van der Waals surface area contributed by atoms with Gasteiger partial charge < -0.3 is 10.2 Å². The molecule has 2 aromatic heterocycles. The van der Waals surface area contributed by atoms with Crippen LogP contribution in [0.3, 0.4) is 0 Å². The number of anilines is 2. The van der Waals surface area contributed by atoms with Gasteiger partial charge in [-0.25, -0.2) is 0 Å². The molecule has 0 aliphatic rings. The first-order valence-electron chi connectivity index (χ1n) is 5.89.